The van der Waals surface area contributed by atoms with Crippen LogP contribution in [0, 0.1) is 6.92 Å². The monoisotopic (exact) mass is 255 g/mol. The highest BCUT2D eigenvalue weighted by Gasteiger charge is 2.15. The quantitative estimate of drug-likeness (QED) is 0.881. The van der Waals surface area contributed by atoms with Gasteiger partial charge in [-0.05, 0) is 30.5 Å². The third-order valence-corrected chi connectivity index (χ3v) is 3.24. The Bertz CT molecular complexity index is 536. The van der Waals surface area contributed by atoms with E-state index in [0.29, 0.717) is 0 Å². The van der Waals surface area contributed by atoms with Gasteiger partial charge in [0.2, 0.25) is 0 Å². The maximum Gasteiger partial charge on any atom is 0.124 e. The van der Waals surface area contributed by atoms with Gasteiger partial charge in [0.25, 0.3) is 0 Å². The van der Waals surface area contributed by atoms with Crippen LogP contribution in [0.25, 0.3) is 0 Å². The fourth-order valence-corrected chi connectivity index (χ4v) is 2.18. The molecule has 1 atom stereocenters. The van der Waals surface area contributed by atoms with Crippen molar-refractivity contribution in [1.82, 2.24) is 0 Å². The zero-order valence-electron chi connectivity index (χ0n) is 11.6. The van der Waals surface area contributed by atoms with Crippen LogP contribution in [-0.4, -0.2) is 6.61 Å². The summed E-state index contributed by atoms with van der Waals surface area (Å²) in [6.07, 6.45) is 0.994. The Morgan fingerprint density at radius 1 is 1.00 bits per heavy atom. The SMILES string of the molecule is CCCOc1ccccc1C(N)c1ccccc1C. The lowest BCUT2D eigenvalue weighted by Gasteiger charge is -2.18. The lowest BCUT2D eigenvalue weighted by Crippen LogP contribution is -2.14. The van der Waals surface area contributed by atoms with Gasteiger partial charge in [0.1, 0.15) is 5.75 Å². The van der Waals surface area contributed by atoms with E-state index in [0.717, 1.165) is 29.9 Å². The minimum atomic E-state index is -0.144. The van der Waals surface area contributed by atoms with E-state index >= 15 is 0 Å². The maximum absolute atomic E-state index is 6.41. The third kappa shape index (κ3) is 3.15. The number of ether oxygens (including phenoxy) is 1. The Labute approximate surface area is 115 Å². The van der Waals surface area contributed by atoms with Crippen molar-refractivity contribution < 1.29 is 4.74 Å². The molecule has 0 amide bonds. The van der Waals surface area contributed by atoms with Gasteiger partial charge in [-0.1, -0.05) is 49.4 Å². The van der Waals surface area contributed by atoms with Crippen LogP contribution in [0.1, 0.15) is 36.1 Å². The second kappa shape index (κ2) is 6.39. The molecular formula is C17H21NO. The summed E-state index contributed by atoms with van der Waals surface area (Å²) in [4.78, 5) is 0. The van der Waals surface area contributed by atoms with Gasteiger partial charge in [0, 0.05) is 5.56 Å². The second-order valence-corrected chi connectivity index (χ2v) is 4.72. The van der Waals surface area contributed by atoms with E-state index in [4.69, 9.17) is 10.5 Å². The number of rotatable bonds is 5. The van der Waals surface area contributed by atoms with Crippen LogP contribution in [0.2, 0.25) is 0 Å². The molecule has 19 heavy (non-hydrogen) atoms. The molecule has 2 rings (SSSR count). The van der Waals surface area contributed by atoms with Crippen molar-refractivity contribution in [2.45, 2.75) is 26.3 Å². The first kappa shape index (κ1) is 13.6. The molecule has 0 aromatic heterocycles. The van der Waals surface area contributed by atoms with Crippen molar-refractivity contribution in [3.05, 3.63) is 65.2 Å². The first-order chi connectivity index (χ1) is 9.24. The molecule has 1 unspecified atom stereocenters. The minimum absolute atomic E-state index is 0.144. The van der Waals surface area contributed by atoms with Crippen molar-refractivity contribution >= 4 is 0 Å². The van der Waals surface area contributed by atoms with E-state index in [9.17, 15) is 0 Å². The molecule has 0 aliphatic carbocycles. The number of para-hydroxylation sites is 1. The van der Waals surface area contributed by atoms with Crippen LogP contribution in [-0.2, 0) is 0 Å². The van der Waals surface area contributed by atoms with Crippen LogP contribution >= 0.6 is 0 Å². The standard InChI is InChI=1S/C17H21NO/c1-3-12-19-16-11-7-6-10-15(16)17(18)14-9-5-4-8-13(14)2/h4-11,17H,3,12,18H2,1-2H3. The molecule has 0 fully saturated rings. The molecule has 0 spiro atoms. The van der Waals surface area contributed by atoms with Crippen molar-refractivity contribution in [3.8, 4) is 5.75 Å². The minimum Gasteiger partial charge on any atom is -0.493 e. The predicted octanol–water partition coefficient (Wildman–Crippen LogP) is 3.83. The first-order valence-electron chi connectivity index (χ1n) is 6.77. The highest BCUT2D eigenvalue weighted by molar-refractivity contribution is 5.43. The van der Waals surface area contributed by atoms with Gasteiger partial charge in [0.05, 0.1) is 12.6 Å². The summed E-state index contributed by atoms with van der Waals surface area (Å²) in [6.45, 7) is 4.91. The Morgan fingerprint density at radius 2 is 1.63 bits per heavy atom. The molecule has 0 saturated heterocycles. The maximum atomic E-state index is 6.41. The molecule has 2 aromatic carbocycles. The Balaban J connectivity index is 2.33. The molecule has 0 heterocycles. The molecule has 0 aliphatic rings. The largest absolute Gasteiger partial charge is 0.493 e. The predicted molar refractivity (Wildman–Crippen MR) is 79.4 cm³/mol. The summed E-state index contributed by atoms with van der Waals surface area (Å²) in [5, 5.41) is 0. The molecule has 2 N–H and O–H groups in total. The molecule has 2 heteroatoms. The molecular weight excluding hydrogens is 234 g/mol. The second-order valence-electron chi connectivity index (χ2n) is 4.72. The molecule has 0 aliphatic heterocycles. The smallest absolute Gasteiger partial charge is 0.124 e. The van der Waals surface area contributed by atoms with Crippen LogP contribution in [0.4, 0.5) is 0 Å². The molecule has 2 nitrogen and oxygen atoms in total. The van der Waals surface area contributed by atoms with Gasteiger partial charge in [-0.15, -0.1) is 0 Å². The van der Waals surface area contributed by atoms with Crippen molar-refractivity contribution in [3.63, 3.8) is 0 Å². The first-order valence-corrected chi connectivity index (χ1v) is 6.77. The van der Waals surface area contributed by atoms with Gasteiger partial charge in [0.15, 0.2) is 0 Å². The normalized spacial score (nSPS) is 12.2. The topological polar surface area (TPSA) is 35.2 Å². The van der Waals surface area contributed by atoms with Gasteiger partial charge in [-0.3, -0.25) is 0 Å². The fraction of sp³-hybridized carbons (Fsp3) is 0.294. The summed E-state index contributed by atoms with van der Waals surface area (Å²) in [6, 6.07) is 16.1. The number of aryl methyl sites for hydroxylation is 1. The summed E-state index contributed by atoms with van der Waals surface area (Å²) in [7, 11) is 0. The fourth-order valence-electron chi connectivity index (χ4n) is 2.18. The average molecular weight is 255 g/mol. The van der Waals surface area contributed by atoms with Gasteiger partial charge in [-0.2, -0.15) is 0 Å². The lowest BCUT2D eigenvalue weighted by atomic mass is 9.95. The van der Waals surface area contributed by atoms with Crippen molar-refractivity contribution in [2.24, 2.45) is 5.73 Å². The zero-order chi connectivity index (χ0) is 13.7. The van der Waals surface area contributed by atoms with Gasteiger partial charge < -0.3 is 10.5 Å². The van der Waals surface area contributed by atoms with Crippen LogP contribution < -0.4 is 10.5 Å². The molecule has 2 aromatic rings. The van der Waals surface area contributed by atoms with Crippen LogP contribution in [0.15, 0.2) is 48.5 Å². The van der Waals surface area contributed by atoms with Crippen LogP contribution in [0.3, 0.4) is 0 Å². The molecule has 0 bridgehead atoms. The Morgan fingerprint density at radius 3 is 2.32 bits per heavy atom. The van der Waals surface area contributed by atoms with Gasteiger partial charge >= 0.3 is 0 Å². The van der Waals surface area contributed by atoms with Crippen molar-refractivity contribution in [2.75, 3.05) is 6.61 Å². The highest BCUT2D eigenvalue weighted by atomic mass is 16.5. The van der Waals surface area contributed by atoms with Crippen LogP contribution in [0.5, 0.6) is 5.75 Å². The Hall–Kier alpha value is -1.80. The average Bonchev–Trinajstić information content (AvgIpc) is 2.45. The number of hydrogen-bond acceptors (Lipinski definition) is 2. The zero-order valence-corrected chi connectivity index (χ0v) is 11.6. The van der Waals surface area contributed by atoms with E-state index < -0.39 is 0 Å². The van der Waals surface area contributed by atoms with E-state index in [1.807, 2.05) is 36.4 Å². The van der Waals surface area contributed by atoms with E-state index in [1.54, 1.807) is 0 Å². The number of benzene rings is 2. The van der Waals surface area contributed by atoms with Crippen molar-refractivity contribution in [1.29, 1.82) is 0 Å². The summed E-state index contributed by atoms with van der Waals surface area (Å²) < 4.78 is 5.79. The molecule has 0 radical (unpaired) electrons. The summed E-state index contributed by atoms with van der Waals surface area (Å²) >= 11 is 0. The molecule has 0 saturated carbocycles. The van der Waals surface area contributed by atoms with E-state index in [2.05, 4.69) is 26.0 Å². The summed E-state index contributed by atoms with van der Waals surface area (Å²) in [5.41, 5.74) is 9.81. The number of nitrogens with two attached hydrogens (primary N) is 1. The summed E-state index contributed by atoms with van der Waals surface area (Å²) in [5.74, 6) is 0.889. The van der Waals surface area contributed by atoms with Gasteiger partial charge in [-0.25, -0.2) is 0 Å². The number of hydrogen-bond donors (Lipinski definition) is 1. The highest BCUT2D eigenvalue weighted by Crippen LogP contribution is 2.29. The lowest BCUT2D eigenvalue weighted by molar-refractivity contribution is 0.313. The Kier molecular flexibility index (Phi) is 4.58. The third-order valence-electron chi connectivity index (χ3n) is 3.24. The van der Waals surface area contributed by atoms with E-state index in [1.165, 1.54) is 5.56 Å². The molecule has 100 valence electrons. The van der Waals surface area contributed by atoms with E-state index in [-0.39, 0.29) is 6.04 Å².